The molecule has 2 rings (SSSR count). The van der Waals surface area contributed by atoms with Crippen molar-refractivity contribution in [2.24, 2.45) is 7.05 Å². The number of nitrogens with zero attached hydrogens (tertiary/aromatic N) is 3. The summed E-state index contributed by atoms with van der Waals surface area (Å²) in [6.45, 7) is 0.655. The largest absolute Gasteiger partial charge is 0.465 e. The lowest BCUT2D eigenvalue weighted by molar-refractivity contribution is 0.0601. The van der Waals surface area contributed by atoms with Crippen LogP contribution in [0.25, 0.3) is 0 Å². The van der Waals surface area contributed by atoms with Gasteiger partial charge in [0.25, 0.3) is 0 Å². The number of hydrogen-bond acceptors (Lipinski definition) is 5. The van der Waals surface area contributed by atoms with Crippen LogP contribution in [0.1, 0.15) is 15.9 Å². The first kappa shape index (κ1) is 13.9. The molecule has 0 spiro atoms. The standard InChI is InChI=1S/C14H18N4O2/c1-17(8-10-7-16-18(2)9-10)13-6-11(14(19)20-3)4-5-12(13)15/h4-7,9H,8,15H2,1-3H3. The molecule has 106 valence electrons. The van der Waals surface area contributed by atoms with E-state index in [0.29, 0.717) is 17.8 Å². The van der Waals surface area contributed by atoms with Crippen LogP contribution in [0.5, 0.6) is 0 Å². The lowest BCUT2D eigenvalue weighted by atomic mass is 10.1. The van der Waals surface area contributed by atoms with Gasteiger partial charge in [0.1, 0.15) is 0 Å². The molecule has 6 nitrogen and oxygen atoms in total. The Morgan fingerprint density at radius 2 is 2.25 bits per heavy atom. The first-order valence-corrected chi connectivity index (χ1v) is 6.17. The number of carbonyl (C=O) groups is 1. The van der Waals surface area contributed by atoms with Crippen molar-refractivity contribution in [2.75, 3.05) is 24.8 Å². The highest BCUT2D eigenvalue weighted by molar-refractivity contribution is 5.92. The fraction of sp³-hybridized carbons (Fsp3) is 0.286. The van der Waals surface area contributed by atoms with Gasteiger partial charge in [-0.15, -0.1) is 0 Å². The van der Waals surface area contributed by atoms with Gasteiger partial charge in [-0.25, -0.2) is 4.79 Å². The van der Waals surface area contributed by atoms with E-state index in [2.05, 4.69) is 5.10 Å². The SMILES string of the molecule is COC(=O)c1ccc(N)c(N(C)Cc2cnn(C)c2)c1. The fourth-order valence-electron chi connectivity index (χ4n) is 2.03. The van der Waals surface area contributed by atoms with E-state index in [-0.39, 0.29) is 5.97 Å². The molecule has 0 saturated carbocycles. The number of methoxy groups -OCH3 is 1. The maximum atomic E-state index is 11.6. The first-order valence-electron chi connectivity index (χ1n) is 6.17. The van der Waals surface area contributed by atoms with Crippen molar-refractivity contribution in [3.63, 3.8) is 0 Å². The minimum Gasteiger partial charge on any atom is -0.465 e. The Hall–Kier alpha value is -2.50. The molecular formula is C14H18N4O2. The van der Waals surface area contributed by atoms with Gasteiger partial charge >= 0.3 is 5.97 Å². The van der Waals surface area contributed by atoms with Gasteiger partial charge in [0.2, 0.25) is 0 Å². The van der Waals surface area contributed by atoms with Crippen LogP contribution < -0.4 is 10.6 Å². The normalized spacial score (nSPS) is 10.3. The van der Waals surface area contributed by atoms with E-state index in [1.165, 1.54) is 7.11 Å². The summed E-state index contributed by atoms with van der Waals surface area (Å²) in [5.41, 5.74) is 8.93. The molecule has 0 radical (unpaired) electrons. The number of esters is 1. The number of rotatable bonds is 4. The Balaban J connectivity index is 2.24. The van der Waals surface area contributed by atoms with Crippen molar-refractivity contribution in [3.8, 4) is 0 Å². The third kappa shape index (κ3) is 2.90. The zero-order chi connectivity index (χ0) is 14.7. The average Bonchev–Trinajstić information content (AvgIpc) is 2.83. The van der Waals surface area contributed by atoms with Crippen molar-refractivity contribution >= 4 is 17.3 Å². The molecule has 0 aliphatic heterocycles. The lowest BCUT2D eigenvalue weighted by Crippen LogP contribution is -2.18. The van der Waals surface area contributed by atoms with Gasteiger partial charge in [0.05, 0.1) is 30.2 Å². The summed E-state index contributed by atoms with van der Waals surface area (Å²) in [6, 6.07) is 5.10. The smallest absolute Gasteiger partial charge is 0.337 e. The second-order valence-corrected chi connectivity index (χ2v) is 4.64. The van der Waals surface area contributed by atoms with Gasteiger partial charge in [-0.05, 0) is 18.2 Å². The third-order valence-electron chi connectivity index (χ3n) is 3.04. The van der Waals surface area contributed by atoms with Crippen LogP contribution in [0.15, 0.2) is 30.6 Å². The number of ether oxygens (including phenoxy) is 1. The number of nitrogen functional groups attached to an aromatic ring is 1. The molecule has 0 amide bonds. The molecule has 0 fully saturated rings. The predicted octanol–water partition coefficient (Wildman–Crippen LogP) is 1.43. The number of benzene rings is 1. The lowest BCUT2D eigenvalue weighted by Gasteiger charge is -2.21. The Bertz CT molecular complexity index is 621. The summed E-state index contributed by atoms with van der Waals surface area (Å²) in [4.78, 5) is 13.5. The molecule has 2 aromatic rings. The number of nitrogens with two attached hydrogens (primary N) is 1. The Morgan fingerprint density at radius 3 is 2.85 bits per heavy atom. The fourth-order valence-corrected chi connectivity index (χ4v) is 2.03. The van der Waals surface area contributed by atoms with Gasteiger partial charge in [0, 0.05) is 32.4 Å². The van der Waals surface area contributed by atoms with Gasteiger partial charge in [0.15, 0.2) is 0 Å². The van der Waals surface area contributed by atoms with E-state index in [4.69, 9.17) is 10.5 Å². The van der Waals surface area contributed by atoms with E-state index in [9.17, 15) is 4.79 Å². The number of anilines is 2. The zero-order valence-corrected chi connectivity index (χ0v) is 11.8. The molecule has 0 saturated heterocycles. The molecule has 1 aromatic carbocycles. The Morgan fingerprint density at radius 1 is 1.50 bits per heavy atom. The van der Waals surface area contributed by atoms with Crippen molar-refractivity contribution in [3.05, 3.63) is 41.7 Å². The Labute approximate surface area is 117 Å². The second-order valence-electron chi connectivity index (χ2n) is 4.64. The molecule has 0 aliphatic carbocycles. The van der Waals surface area contributed by atoms with Crippen molar-refractivity contribution in [1.82, 2.24) is 9.78 Å². The maximum Gasteiger partial charge on any atom is 0.337 e. The minimum absolute atomic E-state index is 0.374. The van der Waals surface area contributed by atoms with Crippen LogP contribution >= 0.6 is 0 Å². The number of carbonyl (C=O) groups excluding carboxylic acids is 1. The molecule has 0 bridgehead atoms. The summed E-state index contributed by atoms with van der Waals surface area (Å²) in [7, 11) is 5.15. The average molecular weight is 274 g/mol. The molecule has 1 aromatic heterocycles. The first-order chi connectivity index (χ1) is 9.51. The highest BCUT2D eigenvalue weighted by atomic mass is 16.5. The van der Waals surface area contributed by atoms with E-state index >= 15 is 0 Å². The van der Waals surface area contributed by atoms with Crippen molar-refractivity contribution < 1.29 is 9.53 Å². The minimum atomic E-state index is -0.374. The van der Waals surface area contributed by atoms with Crippen LogP contribution in [0, 0.1) is 0 Å². The monoisotopic (exact) mass is 274 g/mol. The van der Waals surface area contributed by atoms with Crippen LogP contribution in [0.4, 0.5) is 11.4 Å². The molecule has 2 N–H and O–H groups in total. The van der Waals surface area contributed by atoms with Crippen LogP contribution in [-0.2, 0) is 18.3 Å². The molecular weight excluding hydrogens is 256 g/mol. The molecule has 1 heterocycles. The van der Waals surface area contributed by atoms with Gasteiger partial charge in [-0.3, -0.25) is 4.68 Å². The highest BCUT2D eigenvalue weighted by Gasteiger charge is 2.12. The molecule has 0 atom stereocenters. The summed E-state index contributed by atoms with van der Waals surface area (Å²) < 4.78 is 6.47. The molecule has 20 heavy (non-hydrogen) atoms. The topological polar surface area (TPSA) is 73.4 Å². The van der Waals surface area contributed by atoms with E-state index in [1.807, 2.05) is 25.2 Å². The van der Waals surface area contributed by atoms with Crippen LogP contribution in [0.3, 0.4) is 0 Å². The van der Waals surface area contributed by atoms with Gasteiger partial charge in [-0.1, -0.05) is 0 Å². The summed E-state index contributed by atoms with van der Waals surface area (Å²) >= 11 is 0. The highest BCUT2D eigenvalue weighted by Crippen LogP contribution is 2.25. The zero-order valence-electron chi connectivity index (χ0n) is 11.8. The quantitative estimate of drug-likeness (QED) is 0.674. The third-order valence-corrected chi connectivity index (χ3v) is 3.04. The number of aromatic nitrogens is 2. The molecule has 6 heteroatoms. The number of aryl methyl sites for hydroxylation is 1. The summed E-state index contributed by atoms with van der Waals surface area (Å²) in [6.07, 6.45) is 3.74. The van der Waals surface area contributed by atoms with E-state index in [1.54, 1.807) is 29.1 Å². The van der Waals surface area contributed by atoms with Crippen molar-refractivity contribution in [1.29, 1.82) is 0 Å². The van der Waals surface area contributed by atoms with E-state index < -0.39 is 0 Å². The molecule has 0 unspecified atom stereocenters. The number of hydrogen-bond donors (Lipinski definition) is 1. The molecule has 0 aliphatic rings. The second kappa shape index (κ2) is 5.64. The maximum absolute atomic E-state index is 11.6. The van der Waals surface area contributed by atoms with Crippen LogP contribution in [0.2, 0.25) is 0 Å². The van der Waals surface area contributed by atoms with Crippen molar-refractivity contribution in [2.45, 2.75) is 6.54 Å². The predicted molar refractivity (Wildman–Crippen MR) is 77.5 cm³/mol. The van der Waals surface area contributed by atoms with Gasteiger partial charge in [-0.2, -0.15) is 5.10 Å². The van der Waals surface area contributed by atoms with E-state index in [0.717, 1.165) is 11.3 Å². The Kier molecular flexibility index (Phi) is 3.93. The van der Waals surface area contributed by atoms with Gasteiger partial charge < -0.3 is 15.4 Å². The summed E-state index contributed by atoms with van der Waals surface area (Å²) in [5, 5.41) is 4.13. The van der Waals surface area contributed by atoms with Crippen LogP contribution in [-0.4, -0.2) is 29.9 Å². The summed E-state index contributed by atoms with van der Waals surface area (Å²) in [5.74, 6) is -0.374.